The van der Waals surface area contributed by atoms with Gasteiger partial charge in [0.15, 0.2) is 5.65 Å². The van der Waals surface area contributed by atoms with E-state index in [1.807, 2.05) is 11.9 Å². The van der Waals surface area contributed by atoms with Crippen LogP contribution in [0.4, 0.5) is 23.2 Å². The first-order chi connectivity index (χ1) is 14.2. The van der Waals surface area contributed by atoms with Gasteiger partial charge in [-0.15, -0.1) is 12.4 Å². The number of nitrogens with zero attached hydrogens (tertiary/aromatic N) is 5. The van der Waals surface area contributed by atoms with Gasteiger partial charge in [-0.2, -0.15) is 18.2 Å². The van der Waals surface area contributed by atoms with E-state index in [1.165, 1.54) is 10.6 Å². The normalized spacial score (nSPS) is 20.1. The maximum Gasteiger partial charge on any atom is 0.447 e. The standard InChI is InChI=1S/C17H19F4N7OS.ClH/c1-27-6-4-10(9(18)8-27)23-11-3-2-5-28-15(11)25-13(16(28)30-17(19,20)21)14-24-12(7-22)29-26-14;/h2-3,5,9-10,23H,4,6-8,22H2,1H3;1H/t9-,10+;/m0./s1. The van der Waals surface area contributed by atoms with E-state index in [0.717, 1.165) is 0 Å². The van der Waals surface area contributed by atoms with Crippen molar-refractivity contribution in [2.75, 3.05) is 25.5 Å². The first-order valence-electron chi connectivity index (χ1n) is 9.14. The molecule has 1 aliphatic rings. The number of aromatic nitrogens is 4. The second-order valence-electron chi connectivity index (χ2n) is 6.96. The zero-order chi connectivity index (χ0) is 21.5. The van der Waals surface area contributed by atoms with Crippen molar-refractivity contribution in [1.82, 2.24) is 24.4 Å². The van der Waals surface area contributed by atoms with Gasteiger partial charge in [0.25, 0.3) is 0 Å². The highest BCUT2D eigenvalue weighted by atomic mass is 35.5. The SMILES string of the molecule is CN1CC[C@@H](Nc2cccn3c(SC(F)(F)F)c(-c4noc(CN)n4)nc23)[C@@H](F)C1.Cl. The number of pyridine rings is 1. The lowest BCUT2D eigenvalue weighted by atomic mass is 10.0. The summed E-state index contributed by atoms with van der Waals surface area (Å²) in [6, 6.07) is 2.76. The number of halogens is 5. The van der Waals surface area contributed by atoms with Crippen LogP contribution in [0.15, 0.2) is 27.9 Å². The molecule has 14 heteroatoms. The summed E-state index contributed by atoms with van der Waals surface area (Å²) in [4.78, 5) is 10.2. The molecule has 1 aliphatic heterocycles. The zero-order valence-corrected chi connectivity index (χ0v) is 17.9. The Morgan fingerprint density at radius 2 is 2.13 bits per heavy atom. The predicted molar refractivity (Wildman–Crippen MR) is 110 cm³/mol. The van der Waals surface area contributed by atoms with Gasteiger partial charge in [-0.05, 0) is 25.6 Å². The number of piperidine rings is 1. The molecule has 0 bridgehead atoms. The molecule has 3 aromatic heterocycles. The summed E-state index contributed by atoms with van der Waals surface area (Å²) < 4.78 is 60.4. The molecule has 0 amide bonds. The summed E-state index contributed by atoms with van der Waals surface area (Å²) >= 11 is -0.330. The summed E-state index contributed by atoms with van der Waals surface area (Å²) in [7, 11) is 1.84. The summed E-state index contributed by atoms with van der Waals surface area (Å²) in [6.45, 7) is 0.935. The quantitative estimate of drug-likeness (QED) is 0.423. The van der Waals surface area contributed by atoms with Crippen LogP contribution in [0.2, 0.25) is 0 Å². The molecule has 4 heterocycles. The Morgan fingerprint density at radius 1 is 1.35 bits per heavy atom. The van der Waals surface area contributed by atoms with Crippen molar-refractivity contribution in [3.8, 4) is 11.5 Å². The molecule has 0 spiro atoms. The molecule has 8 nitrogen and oxygen atoms in total. The number of alkyl halides is 4. The minimum atomic E-state index is -4.56. The number of nitrogens with one attached hydrogen (secondary N) is 1. The number of nitrogens with two attached hydrogens (primary N) is 1. The van der Waals surface area contributed by atoms with Crippen LogP contribution in [0.1, 0.15) is 12.3 Å². The molecule has 1 fully saturated rings. The van der Waals surface area contributed by atoms with Crippen LogP contribution in [0.5, 0.6) is 0 Å². The van der Waals surface area contributed by atoms with Crippen LogP contribution < -0.4 is 11.1 Å². The average Bonchev–Trinajstić information content (AvgIpc) is 3.28. The van der Waals surface area contributed by atoms with E-state index < -0.39 is 17.7 Å². The third-order valence-electron chi connectivity index (χ3n) is 4.76. The van der Waals surface area contributed by atoms with Crippen molar-refractivity contribution in [1.29, 1.82) is 0 Å². The van der Waals surface area contributed by atoms with Gasteiger partial charge in [0.05, 0.1) is 18.3 Å². The van der Waals surface area contributed by atoms with E-state index in [2.05, 4.69) is 20.4 Å². The molecule has 0 aromatic carbocycles. The Morgan fingerprint density at radius 3 is 2.77 bits per heavy atom. The molecule has 3 aromatic rings. The van der Waals surface area contributed by atoms with Crippen LogP contribution in [0.3, 0.4) is 0 Å². The fraction of sp³-hybridized carbons (Fsp3) is 0.471. The highest BCUT2D eigenvalue weighted by Gasteiger charge is 2.35. The lowest BCUT2D eigenvalue weighted by Crippen LogP contribution is -2.46. The van der Waals surface area contributed by atoms with E-state index in [1.54, 1.807) is 12.1 Å². The summed E-state index contributed by atoms with van der Waals surface area (Å²) in [5.41, 5.74) is 1.44. The molecule has 0 radical (unpaired) electrons. The third kappa shape index (κ3) is 5.05. The molecule has 31 heavy (non-hydrogen) atoms. The van der Waals surface area contributed by atoms with Crippen molar-refractivity contribution in [2.24, 2.45) is 5.73 Å². The lowest BCUT2D eigenvalue weighted by Gasteiger charge is -2.33. The van der Waals surface area contributed by atoms with E-state index in [-0.39, 0.29) is 65.3 Å². The van der Waals surface area contributed by atoms with Crippen molar-refractivity contribution in [2.45, 2.75) is 35.7 Å². The molecule has 1 saturated heterocycles. The van der Waals surface area contributed by atoms with Crippen molar-refractivity contribution in [3.63, 3.8) is 0 Å². The van der Waals surface area contributed by atoms with Crippen LogP contribution in [-0.2, 0) is 6.54 Å². The fourth-order valence-electron chi connectivity index (χ4n) is 3.36. The Labute approximate surface area is 185 Å². The van der Waals surface area contributed by atoms with E-state index in [0.29, 0.717) is 18.7 Å². The lowest BCUT2D eigenvalue weighted by molar-refractivity contribution is -0.0329. The predicted octanol–water partition coefficient (Wildman–Crippen LogP) is 3.33. The van der Waals surface area contributed by atoms with Crippen LogP contribution in [0, 0.1) is 0 Å². The molecule has 0 unspecified atom stereocenters. The zero-order valence-electron chi connectivity index (χ0n) is 16.3. The minimum Gasteiger partial charge on any atom is -0.376 e. The number of anilines is 1. The molecule has 170 valence electrons. The summed E-state index contributed by atoms with van der Waals surface area (Å²) in [5.74, 6) is -0.0190. The monoisotopic (exact) mass is 481 g/mol. The van der Waals surface area contributed by atoms with Crippen LogP contribution in [0.25, 0.3) is 17.2 Å². The van der Waals surface area contributed by atoms with Crippen molar-refractivity contribution < 1.29 is 22.1 Å². The number of rotatable bonds is 5. The van der Waals surface area contributed by atoms with Gasteiger partial charge in [0.2, 0.25) is 11.7 Å². The maximum atomic E-state index is 14.5. The molecule has 0 saturated carbocycles. The average molecular weight is 482 g/mol. The Kier molecular flexibility index (Phi) is 6.98. The fourth-order valence-corrected chi connectivity index (χ4v) is 4.06. The second-order valence-corrected chi connectivity index (χ2v) is 8.02. The van der Waals surface area contributed by atoms with Crippen molar-refractivity contribution in [3.05, 3.63) is 24.2 Å². The van der Waals surface area contributed by atoms with Crippen molar-refractivity contribution >= 4 is 35.5 Å². The third-order valence-corrected chi connectivity index (χ3v) is 5.57. The van der Waals surface area contributed by atoms with Gasteiger partial charge in [0, 0.05) is 31.0 Å². The number of thioether (sulfide) groups is 1. The maximum absolute atomic E-state index is 14.5. The minimum absolute atomic E-state index is 0. The molecular weight excluding hydrogens is 462 g/mol. The number of hydrogen-bond acceptors (Lipinski definition) is 8. The molecule has 4 rings (SSSR count). The smallest absolute Gasteiger partial charge is 0.376 e. The largest absolute Gasteiger partial charge is 0.447 e. The van der Waals surface area contributed by atoms with Gasteiger partial charge in [-0.3, -0.25) is 4.40 Å². The van der Waals surface area contributed by atoms with E-state index in [9.17, 15) is 17.6 Å². The topological polar surface area (TPSA) is 97.5 Å². The molecule has 2 atom stereocenters. The highest BCUT2D eigenvalue weighted by molar-refractivity contribution is 8.00. The Balaban J connectivity index is 0.00000272. The number of likely N-dealkylation sites (tertiary alicyclic amines) is 1. The Hall–Kier alpha value is -2.09. The van der Waals surface area contributed by atoms with E-state index in [4.69, 9.17) is 10.3 Å². The second kappa shape index (κ2) is 9.18. The Bertz CT molecular complexity index is 1040. The molecular formula is C17H20ClF4N7OS. The first kappa shape index (κ1) is 23.6. The van der Waals surface area contributed by atoms with Gasteiger partial charge in [-0.25, -0.2) is 9.37 Å². The van der Waals surface area contributed by atoms with Gasteiger partial charge >= 0.3 is 5.51 Å². The first-order valence-corrected chi connectivity index (χ1v) is 9.96. The van der Waals surface area contributed by atoms with Gasteiger partial charge in [-0.1, -0.05) is 5.16 Å². The summed E-state index contributed by atoms with van der Waals surface area (Å²) in [5, 5.41) is 6.59. The molecule has 0 aliphatic carbocycles. The van der Waals surface area contributed by atoms with Crippen LogP contribution >= 0.6 is 24.2 Å². The number of fused-ring (bicyclic) bond motifs is 1. The highest BCUT2D eigenvalue weighted by Crippen LogP contribution is 2.42. The molecule has 3 N–H and O–H groups in total. The van der Waals surface area contributed by atoms with Crippen LogP contribution in [-0.4, -0.2) is 62.3 Å². The summed E-state index contributed by atoms with van der Waals surface area (Å²) in [6.07, 6.45) is 0.893. The van der Waals surface area contributed by atoms with E-state index >= 15 is 0 Å². The van der Waals surface area contributed by atoms with Gasteiger partial charge in [0.1, 0.15) is 16.9 Å². The number of imidazole rings is 1. The number of hydrogen-bond donors (Lipinski definition) is 2. The van der Waals surface area contributed by atoms with Gasteiger partial charge < -0.3 is 20.5 Å².